The highest BCUT2D eigenvalue weighted by atomic mass is 19.1. The fraction of sp³-hybridized carbons (Fsp3) is 0.111. The van der Waals surface area contributed by atoms with Gasteiger partial charge >= 0.3 is 0 Å². The van der Waals surface area contributed by atoms with Crippen LogP contribution in [0.3, 0.4) is 0 Å². The Bertz CT molecular complexity index is 844. The van der Waals surface area contributed by atoms with Crippen molar-refractivity contribution in [2.75, 3.05) is 24.9 Å². The summed E-state index contributed by atoms with van der Waals surface area (Å²) in [4.78, 5) is 12.3. The summed E-state index contributed by atoms with van der Waals surface area (Å²) in [5.41, 5.74) is 0.590. The van der Waals surface area contributed by atoms with Crippen LogP contribution in [-0.2, 0) is 4.79 Å². The number of carbonyl (C=O) groups is 1. The first-order valence-corrected chi connectivity index (χ1v) is 7.23. The van der Waals surface area contributed by atoms with E-state index in [9.17, 15) is 14.4 Å². The molecule has 7 heteroatoms. The Morgan fingerprint density at radius 2 is 2.00 bits per heavy atom. The molecule has 1 amide bonds. The van der Waals surface area contributed by atoms with Gasteiger partial charge in [-0.2, -0.15) is 5.26 Å². The average Bonchev–Trinajstić information content (AvgIpc) is 2.62. The van der Waals surface area contributed by atoms with Crippen LogP contribution in [0.25, 0.3) is 0 Å². The number of rotatable bonds is 6. The maximum Gasteiger partial charge on any atom is 0.267 e. The molecule has 0 aromatic heterocycles. The van der Waals surface area contributed by atoms with Gasteiger partial charge in [-0.25, -0.2) is 4.39 Å². The van der Waals surface area contributed by atoms with Crippen LogP contribution in [0.5, 0.6) is 11.5 Å². The number of amides is 1. The molecule has 2 aromatic carbocycles. The highest BCUT2D eigenvalue weighted by molar-refractivity contribution is 6.07. The molecule has 2 N–H and O–H groups in total. The van der Waals surface area contributed by atoms with E-state index in [1.807, 2.05) is 0 Å². The van der Waals surface area contributed by atoms with Crippen LogP contribution in [-0.4, -0.2) is 20.1 Å². The highest BCUT2D eigenvalue weighted by Gasteiger charge is 2.13. The van der Waals surface area contributed by atoms with Gasteiger partial charge in [0.05, 0.1) is 19.9 Å². The highest BCUT2D eigenvalue weighted by Crippen LogP contribution is 2.29. The Kier molecular flexibility index (Phi) is 5.96. The van der Waals surface area contributed by atoms with Crippen molar-refractivity contribution in [3.63, 3.8) is 0 Å². The lowest BCUT2D eigenvalue weighted by Crippen LogP contribution is -2.15. The summed E-state index contributed by atoms with van der Waals surface area (Å²) in [7, 11) is 2.96. The Balaban J connectivity index is 2.17. The van der Waals surface area contributed by atoms with Gasteiger partial charge in [-0.3, -0.25) is 4.79 Å². The molecule has 0 aliphatic heterocycles. The van der Waals surface area contributed by atoms with E-state index in [4.69, 9.17) is 9.47 Å². The Morgan fingerprint density at radius 1 is 1.20 bits per heavy atom. The molecule has 0 fully saturated rings. The van der Waals surface area contributed by atoms with Gasteiger partial charge in [-0.05, 0) is 30.3 Å². The number of nitrogens with zero attached hydrogens (tertiary/aromatic N) is 1. The SMILES string of the molecule is COc1ccc(OC)c(NC(=O)/C(C#N)=C\Nc2cccc(F)c2)c1. The molecule has 0 radical (unpaired) electrons. The largest absolute Gasteiger partial charge is 0.497 e. The van der Waals surface area contributed by atoms with Crippen LogP contribution < -0.4 is 20.1 Å². The van der Waals surface area contributed by atoms with Gasteiger partial charge in [0.1, 0.15) is 29.0 Å². The first kappa shape index (κ1) is 17.8. The van der Waals surface area contributed by atoms with Gasteiger partial charge in [-0.1, -0.05) is 6.07 Å². The van der Waals surface area contributed by atoms with Crippen LogP contribution in [0.15, 0.2) is 54.2 Å². The molecule has 0 aliphatic carbocycles. The lowest BCUT2D eigenvalue weighted by atomic mass is 10.2. The number of hydrogen-bond donors (Lipinski definition) is 2. The Hall–Kier alpha value is -3.53. The van der Waals surface area contributed by atoms with E-state index in [1.165, 1.54) is 38.6 Å². The summed E-state index contributed by atoms with van der Waals surface area (Å²) < 4.78 is 23.4. The zero-order valence-corrected chi connectivity index (χ0v) is 13.7. The summed E-state index contributed by atoms with van der Waals surface area (Å²) in [5, 5.41) is 14.5. The monoisotopic (exact) mass is 341 g/mol. The Morgan fingerprint density at radius 3 is 2.64 bits per heavy atom. The van der Waals surface area contributed by atoms with Crippen LogP contribution in [0.4, 0.5) is 15.8 Å². The van der Waals surface area contributed by atoms with E-state index in [0.717, 1.165) is 0 Å². The minimum absolute atomic E-state index is 0.186. The quantitative estimate of drug-likeness (QED) is 0.622. The van der Waals surface area contributed by atoms with Crippen LogP contribution >= 0.6 is 0 Å². The second-order valence-electron chi connectivity index (χ2n) is 4.84. The van der Waals surface area contributed by atoms with Crippen molar-refractivity contribution >= 4 is 17.3 Å². The third-order valence-corrected chi connectivity index (χ3v) is 3.23. The number of anilines is 2. The third kappa shape index (κ3) is 4.72. The van der Waals surface area contributed by atoms with Crippen molar-refractivity contribution in [1.82, 2.24) is 0 Å². The zero-order chi connectivity index (χ0) is 18.2. The van der Waals surface area contributed by atoms with E-state index in [-0.39, 0.29) is 5.57 Å². The van der Waals surface area contributed by atoms with Gasteiger partial charge < -0.3 is 20.1 Å². The molecule has 128 valence electrons. The fourth-order valence-electron chi connectivity index (χ4n) is 1.98. The van der Waals surface area contributed by atoms with Crippen LogP contribution in [0.2, 0.25) is 0 Å². The predicted molar refractivity (Wildman–Crippen MR) is 91.9 cm³/mol. The van der Waals surface area contributed by atoms with Gasteiger partial charge in [-0.15, -0.1) is 0 Å². The number of benzene rings is 2. The van der Waals surface area contributed by atoms with Crippen molar-refractivity contribution in [2.45, 2.75) is 0 Å². The van der Waals surface area contributed by atoms with E-state index >= 15 is 0 Å². The number of methoxy groups -OCH3 is 2. The molecule has 0 spiro atoms. The smallest absolute Gasteiger partial charge is 0.267 e. The molecule has 0 aliphatic rings. The molecular formula is C18H16FN3O3. The van der Waals surface area contributed by atoms with Gasteiger partial charge in [0.15, 0.2) is 0 Å². The number of carbonyl (C=O) groups excluding carboxylic acids is 1. The first-order chi connectivity index (χ1) is 12.1. The zero-order valence-electron chi connectivity index (χ0n) is 13.7. The molecule has 0 saturated heterocycles. The summed E-state index contributed by atoms with van der Waals surface area (Å²) >= 11 is 0. The second-order valence-corrected chi connectivity index (χ2v) is 4.84. The van der Waals surface area contributed by atoms with Gasteiger partial charge in [0.2, 0.25) is 0 Å². The van der Waals surface area contributed by atoms with E-state index in [1.54, 1.807) is 30.3 Å². The molecular weight excluding hydrogens is 325 g/mol. The molecule has 2 rings (SSSR count). The van der Waals surface area contributed by atoms with E-state index in [2.05, 4.69) is 10.6 Å². The van der Waals surface area contributed by atoms with Crippen LogP contribution in [0, 0.1) is 17.1 Å². The van der Waals surface area contributed by atoms with Gasteiger partial charge in [0.25, 0.3) is 5.91 Å². The van der Waals surface area contributed by atoms with Crippen molar-refractivity contribution < 1.29 is 18.7 Å². The number of nitrogens with one attached hydrogen (secondary N) is 2. The van der Waals surface area contributed by atoms with E-state index < -0.39 is 11.7 Å². The summed E-state index contributed by atoms with van der Waals surface area (Å²) in [6, 6.07) is 12.3. The number of hydrogen-bond acceptors (Lipinski definition) is 5. The fourth-order valence-corrected chi connectivity index (χ4v) is 1.98. The maximum atomic E-state index is 13.1. The first-order valence-electron chi connectivity index (χ1n) is 7.23. The van der Waals surface area contributed by atoms with E-state index in [0.29, 0.717) is 22.9 Å². The molecule has 0 bridgehead atoms. The summed E-state index contributed by atoms with van der Waals surface area (Å²) in [6.45, 7) is 0. The van der Waals surface area contributed by atoms with Crippen LogP contribution in [0.1, 0.15) is 0 Å². The minimum atomic E-state index is -0.641. The minimum Gasteiger partial charge on any atom is -0.497 e. The third-order valence-electron chi connectivity index (χ3n) is 3.23. The lowest BCUT2D eigenvalue weighted by Gasteiger charge is -2.11. The molecule has 0 heterocycles. The number of nitriles is 1. The lowest BCUT2D eigenvalue weighted by molar-refractivity contribution is -0.112. The average molecular weight is 341 g/mol. The molecule has 2 aromatic rings. The van der Waals surface area contributed by atoms with Crippen molar-refractivity contribution in [1.29, 1.82) is 5.26 Å². The molecule has 0 atom stereocenters. The van der Waals surface area contributed by atoms with Crippen molar-refractivity contribution in [3.8, 4) is 17.6 Å². The van der Waals surface area contributed by atoms with Crippen molar-refractivity contribution in [2.24, 2.45) is 0 Å². The molecule has 0 saturated carbocycles. The second kappa shape index (κ2) is 8.36. The van der Waals surface area contributed by atoms with Gasteiger partial charge in [0, 0.05) is 18.0 Å². The predicted octanol–water partition coefficient (Wildman–Crippen LogP) is 3.30. The van der Waals surface area contributed by atoms with Crippen molar-refractivity contribution in [3.05, 3.63) is 60.1 Å². The molecule has 6 nitrogen and oxygen atoms in total. The normalized spacial score (nSPS) is 10.6. The maximum absolute atomic E-state index is 13.1. The molecule has 25 heavy (non-hydrogen) atoms. The summed E-state index contributed by atoms with van der Waals surface area (Å²) in [6.07, 6.45) is 1.21. The molecule has 0 unspecified atom stereocenters. The standard InChI is InChI=1S/C18H16FN3O3/c1-24-15-6-7-17(25-2)16(9-15)22-18(23)12(10-20)11-21-14-5-3-4-13(19)8-14/h3-9,11,21H,1-2H3,(H,22,23)/b12-11-. The Labute approximate surface area is 144 Å². The topological polar surface area (TPSA) is 83.4 Å². The number of ether oxygens (including phenoxy) is 2. The summed E-state index contributed by atoms with van der Waals surface area (Å²) in [5.74, 6) is -0.124. The number of halogens is 1.